The number of nitrogens with zero attached hydrogens (tertiary/aromatic N) is 1. The van der Waals surface area contributed by atoms with Gasteiger partial charge in [-0.15, -0.1) is 5.10 Å². The Morgan fingerprint density at radius 3 is 2.29 bits per heavy atom. The lowest BCUT2D eigenvalue weighted by Gasteiger charge is -2.08. The number of hydrogen-bond acceptors (Lipinski definition) is 4. The summed E-state index contributed by atoms with van der Waals surface area (Å²) in [4.78, 5) is 0. The highest BCUT2D eigenvalue weighted by atomic mass is 35.5. The molecule has 6 heteroatoms. The van der Waals surface area contributed by atoms with Gasteiger partial charge in [0.2, 0.25) is 5.90 Å². The lowest BCUT2D eigenvalue weighted by Crippen LogP contribution is -2.06. The number of nitrogen functional groups attached to an aromatic ring is 1. The summed E-state index contributed by atoms with van der Waals surface area (Å²) >= 11 is 11.7. The molecule has 0 aliphatic rings. The van der Waals surface area contributed by atoms with E-state index in [9.17, 15) is 0 Å². The molecule has 0 radical (unpaired) electrons. The second-order valence-corrected chi connectivity index (χ2v) is 3.38. The van der Waals surface area contributed by atoms with Crippen LogP contribution in [0.15, 0.2) is 17.2 Å². The van der Waals surface area contributed by atoms with Crippen LogP contribution in [0.1, 0.15) is 6.92 Å². The smallest absolute Gasteiger partial charge is 0.208 e. The van der Waals surface area contributed by atoms with Crippen molar-refractivity contribution in [2.24, 2.45) is 10.9 Å². The Morgan fingerprint density at radius 2 is 1.86 bits per heavy atom. The third kappa shape index (κ3) is 2.43. The van der Waals surface area contributed by atoms with Crippen molar-refractivity contribution < 1.29 is 4.74 Å². The van der Waals surface area contributed by atoms with Gasteiger partial charge < -0.3 is 16.3 Å². The first-order valence-electron chi connectivity index (χ1n) is 3.71. The lowest BCUT2D eigenvalue weighted by atomic mass is 10.3. The first-order chi connectivity index (χ1) is 6.54. The monoisotopic (exact) mass is 233 g/mol. The third-order valence-electron chi connectivity index (χ3n) is 1.45. The summed E-state index contributed by atoms with van der Waals surface area (Å²) in [6.07, 6.45) is 0. The molecule has 0 fully saturated rings. The molecule has 4 nitrogen and oxygen atoms in total. The SMILES string of the molecule is C/C(=N\N)Oc1c(Cl)cc(N)cc1Cl. The zero-order chi connectivity index (χ0) is 10.7. The van der Waals surface area contributed by atoms with Crippen molar-refractivity contribution >= 4 is 34.8 Å². The molecule has 1 aromatic carbocycles. The zero-order valence-electron chi connectivity index (χ0n) is 7.42. The van der Waals surface area contributed by atoms with Crippen molar-refractivity contribution in [1.29, 1.82) is 0 Å². The molecule has 76 valence electrons. The maximum Gasteiger partial charge on any atom is 0.208 e. The number of ether oxygens (including phenoxy) is 1. The highest BCUT2D eigenvalue weighted by Gasteiger charge is 2.09. The van der Waals surface area contributed by atoms with Crippen molar-refractivity contribution in [3.05, 3.63) is 22.2 Å². The maximum atomic E-state index is 5.85. The van der Waals surface area contributed by atoms with E-state index in [-0.39, 0.29) is 5.90 Å². The van der Waals surface area contributed by atoms with Gasteiger partial charge >= 0.3 is 0 Å². The molecular weight excluding hydrogens is 225 g/mol. The summed E-state index contributed by atoms with van der Waals surface area (Å²) in [5, 5.41) is 3.97. The fourth-order valence-corrected chi connectivity index (χ4v) is 1.43. The number of hydrogen-bond donors (Lipinski definition) is 2. The van der Waals surface area contributed by atoms with Crippen LogP contribution in [0.3, 0.4) is 0 Å². The average Bonchev–Trinajstić information content (AvgIpc) is 2.10. The molecule has 14 heavy (non-hydrogen) atoms. The van der Waals surface area contributed by atoms with Gasteiger partial charge in [0.1, 0.15) is 0 Å². The zero-order valence-corrected chi connectivity index (χ0v) is 8.93. The van der Waals surface area contributed by atoms with Crippen molar-refractivity contribution in [2.75, 3.05) is 5.73 Å². The van der Waals surface area contributed by atoms with Gasteiger partial charge in [-0.2, -0.15) is 0 Å². The van der Waals surface area contributed by atoms with Gasteiger partial charge in [0.15, 0.2) is 5.75 Å². The predicted octanol–water partition coefficient (Wildman–Crippen LogP) is 2.25. The molecule has 0 aliphatic carbocycles. The van der Waals surface area contributed by atoms with Crippen molar-refractivity contribution in [3.8, 4) is 5.75 Å². The number of anilines is 1. The predicted molar refractivity (Wildman–Crippen MR) is 58.8 cm³/mol. The highest BCUT2D eigenvalue weighted by Crippen LogP contribution is 2.35. The molecule has 0 heterocycles. The van der Waals surface area contributed by atoms with Crippen LogP contribution in [0.4, 0.5) is 5.69 Å². The molecule has 1 rings (SSSR count). The minimum absolute atomic E-state index is 0.263. The van der Waals surface area contributed by atoms with Crippen molar-refractivity contribution in [1.82, 2.24) is 0 Å². The summed E-state index contributed by atoms with van der Waals surface area (Å²) in [5.74, 6) is 5.56. The third-order valence-corrected chi connectivity index (χ3v) is 2.01. The molecule has 0 amide bonds. The van der Waals surface area contributed by atoms with Gasteiger partial charge in [-0.05, 0) is 12.1 Å². The van der Waals surface area contributed by atoms with E-state index in [0.717, 1.165) is 0 Å². The van der Waals surface area contributed by atoms with Crippen LogP contribution >= 0.6 is 23.2 Å². The van der Waals surface area contributed by atoms with Crippen molar-refractivity contribution in [3.63, 3.8) is 0 Å². The lowest BCUT2D eigenvalue weighted by molar-refractivity contribution is 0.544. The molecule has 0 aliphatic heterocycles. The van der Waals surface area contributed by atoms with Gasteiger partial charge in [-0.25, -0.2) is 0 Å². The second-order valence-electron chi connectivity index (χ2n) is 2.56. The standard InChI is InChI=1S/C8H9Cl2N3O/c1-4(13-12)14-8-6(9)2-5(11)3-7(8)10/h2-3H,11-12H2,1H3/b13-4+. The number of nitrogens with two attached hydrogens (primary N) is 2. The summed E-state index contributed by atoms with van der Waals surface area (Å²) in [6.45, 7) is 1.59. The number of halogens is 2. The van der Waals surface area contributed by atoms with Gasteiger partial charge in [-0.1, -0.05) is 23.2 Å². The summed E-state index contributed by atoms with van der Waals surface area (Å²) in [6, 6.07) is 3.07. The summed E-state index contributed by atoms with van der Waals surface area (Å²) < 4.78 is 5.19. The Hall–Kier alpha value is -1.13. The van der Waals surface area contributed by atoms with Crippen LogP contribution in [-0.4, -0.2) is 5.90 Å². The first kappa shape index (κ1) is 10.9. The summed E-state index contributed by atoms with van der Waals surface area (Å²) in [5.41, 5.74) is 5.98. The van der Waals surface area contributed by atoms with E-state index in [1.54, 1.807) is 6.92 Å². The largest absolute Gasteiger partial charge is 0.439 e. The fourth-order valence-electron chi connectivity index (χ4n) is 0.851. The van der Waals surface area contributed by atoms with Gasteiger partial charge in [0, 0.05) is 12.6 Å². The van der Waals surface area contributed by atoms with Crippen LogP contribution < -0.4 is 16.3 Å². The van der Waals surface area contributed by atoms with Crippen LogP contribution in [0, 0.1) is 0 Å². The van der Waals surface area contributed by atoms with Crippen LogP contribution in [0.25, 0.3) is 0 Å². The molecule has 0 atom stereocenters. The normalized spacial score (nSPS) is 11.5. The van der Waals surface area contributed by atoms with Crippen LogP contribution in [0.5, 0.6) is 5.75 Å². The fraction of sp³-hybridized carbons (Fsp3) is 0.125. The Kier molecular flexibility index (Phi) is 3.43. The molecule has 0 saturated carbocycles. The number of benzene rings is 1. The Labute approximate surface area is 91.4 Å². The van der Waals surface area contributed by atoms with Crippen LogP contribution in [-0.2, 0) is 0 Å². The molecule has 0 unspecified atom stereocenters. The van der Waals surface area contributed by atoms with E-state index in [1.807, 2.05) is 0 Å². The minimum atomic E-state index is 0.263. The van der Waals surface area contributed by atoms with Crippen LogP contribution in [0.2, 0.25) is 10.0 Å². The molecule has 1 aromatic rings. The van der Waals surface area contributed by atoms with Crippen molar-refractivity contribution in [2.45, 2.75) is 6.92 Å². The molecule has 0 bridgehead atoms. The van der Waals surface area contributed by atoms with Gasteiger partial charge in [0.05, 0.1) is 10.0 Å². The molecule has 0 spiro atoms. The highest BCUT2D eigenvalue weighted by molar-refractivity contribution is 6.37. The van der Waals surface area contributed by atoms with E-state index in [4.69, 9.17) is 39.5 Å². The molecule has 4 N–H and O–H groups in total. The second kappa shape index (κ2) is 4.39. The quantitative estimate of drug-likeness (QED) is 0.257. The Morgan fingerprint density at radius 1 is 1.36 bits per heavy atom. The van der Waals surface area contributed by atoms with E-state index in [1.165, 1.54) is 12.1 Å². The summed E-state index contributed by atoms with van der Waals surface area (Å²) in [7, 11) is 0. The van der Waals surface area contributed by atoms with E-state index in [2.05, 4.69) is 5.10 Å². The average molecular weight is 234 g/mol. The van der Waals surface area contributed by atoms with E-state index >= 15 is 0 Å². The maximum absolute atomic E-state index is 5.85. The number of hydrazone groups is 1. The van der Waals surface area contributed by atoms with E-state index < -0.39 is 0 Å². The minimum Gasteiger partial charge on any atom is -0.439 e. The van der Waals surface area contributed by atoms with Gasteiger partial charge in [0.25, 0.3) is 0 Å². The Balaban J connectivity index is 3.09. The molecular formula is C8H9Cl2N3O. The topological polar surface area (TPSA) is 73.6 Å². The molecule has 0 saturated heterocycles. The molecule has 0 aromatic heterocycles. The van der Waals surface area contributed by atoms with Gasteiger partial charge in [-0.3, -0.25) is 0 Å². The number of rotatable bonds is 1. The Bertz CT molecular complexity index is 356. The first-order valence-corrected chi connectivity index (χ1v) is 4.47. The van der Waals surface area contributed by atoms with E-state index in [0.29, 0.717) is 21.5 Å².